The Morgan fingerprint density at radius 1 is 1.22 bits per heavy atom. The molecule has 1 heterocycles. The molecule has 0 aliphatic rings. The number of hydrogen-bond donors (Lipinski definition) is 1. The topological polar surface area (TPSA) is 55.2 Å². The van der Waals surface area contributed by atoms with Crippen molar-refractivity contribution in [2.75, 3.05) is 6.61 Å². The third kappa shape index (κ3) is 3.05. The van der Waals surface area contributed by atoms with Crippen LogP contribution in [0.4, 0.5) is 0 Å². The Morgan fingerprint density at radius 2 is 2.00 bits per heavy atom. The van der Waals surface area contributed by atoms with Gasteiger partial charge in [0.05, 0.1) is 18.5 Å². The van der Waals surface area contributed by atoms with Crippen molar-refractivity contribution < 1.29 is 9.84 Å². The summed E-state index contributed by atoms with van der Waals surface area (Å²) in [5, 5.41) is 10.1. The third-order valence-corrected chi connectivity index (χ3v) is 2.53. The Bertz CT molecular complexity index is 471. The van der Waals surface area contributed by atoms with E-state index in [1.807, 2.05) is 24.3 Å². The van der Waals surface area contributed by atoms with Crippen LogP contribution in [0.15, 0.2) is 42.9 Å². The first-order chi connectivity index (χ1) is 8.81. The molecule has 2 aromatic rings. The van der Waals surface area contributed by atoms with E-state index in [-0.39, 0.29) is 0 Å². The molecule has 1 aromatic carbocycles. The van der Waals surface area contributed by atoms with Gasteiger partial charge in [-0.05, 0) is 24.1 Å². The summed E-state index contributed by atoms with van der Waals surface area (Å²) < 4.78 is 5.49. The average molecular weight is 244 g/mol. The van der Waals surface area contributed by atoms with Gasteiger partial charge in [-0.25, -0.2) is 0 Å². The Hall–Kier alpha value is -1.94. The van der Waals surface area contributed by atoms with E-state index in [2.05, 4.69) is 16.9 Å². The van der Waals surface area contributed by atoms with E-state index in [0.29, 0.717) is 12.3 Å². The van der Waals surface area contributed by atoms with Gasteiger partial charge in [0.15, 0.2) is 0 Å². The van der Waals surface area contributed by atoms with Crippen LogP contribution in [-0.2, 0) is 0 Å². The maximum Gasteiger partial charge on any atom is 0.123 e. The van der Waals surface area contributed by atoms with Crippen LogP contribution in [0.1, 0.15) is 30.7 Å². The standard InChI is InChI=1S/C14H16N2O2/c1-2-9-18-12-5-3-11(4-6-12)14(17)13-10-15-7-8-16-13/h3-8,10,14,17H,2,9H2,1H3. The number of ether oxygens (including phenoxy) is 1. The normalized spacial score (nSPS) is 12.1. The van der Waals surface area contributed by atoms with Crippen LogP contribution in [0.3, 0.4) is 0 Å². The summed E-state index contributed by atoms with van der Waals surface area (Å²) in [6.45, 7) is 2.76. The first-order valence-corrected chi connectivity index (χ1v) is 5.98. The minimum atomic E-state index is -0.751. The van der Waals surface area contributed by atoms with Gasteiger partial charge >= 0.3 is 0 Å². The zero-order valence-corrected chi connectivity index (χ0v) is 10.3. The fourth-order valence-corrected chi connectivity index (χ4v) is 1.59. The highest BCUT2D eigenvalue weighted by atomic mass is 16.5. The van der Waals surface area contributed by atoms with Crippen LogP contribution in [0.25, 0.3) is 0 Å². The molecular formula is C14H16N2O2. The lowest BCUT2D eigenvalue weighted by Crippen LogP contribution is -2.02. The molecule has 94 valence electrons. The van der Waals surface area contributed by atoms with E-state index >= 15 is 0 Å². The van der Waals surface area contributed by atoms with Gasteiger partial charge in [0.2, 0.25) is 0 Å². The van der Waals surface area contributed by atoms with Crippen molar-refractivity contribution in [2.24, 2.45) is 0 Å². The molecule has 0 saturated heterocycles. The number of hydrogen-bond acceptors (Lipinski definition) is 4. The molecule has 1 aromatic heterocycles. The highest BCUT2D eigenvalue weighted by Crippen LogP contribution is 2.22. The molecule has 0 bridgehead atoms. The van der Waals surface area contributed by atoms with Gasteiger partial charge in [-0.1, -0.05) is 19.1 Å². The quantitative estimate of drug-likeness (QED) is 0.877. The molecule has 0 amide bonds. The molecule has 1 atom stereocenters. The molecule has 18 heavy (non-hydrogen) atoms. The van der Waals surface area contributed by atoms with Gasteiger partial charge in [-0.3, -0.25) is 9.97 Å². The highest BCUT2D eigenvalue weighted by Gasteiger charge is 2.11. The number of rotatable bonds is 5. The number of aliphatic hydroxyl groups excluding tert-OH is 1. The Labute approximate surface area is 106 Å². The second-order valence-corrected chi connectivity index (χ2v) is 3.95. The monoisotopic (exact) mass is 244 g/mol. The Balaban J connectivity index is 2.09. The van der Waals surface area contributed by atoms with Crippen molar-refractivity contribution in [1.29, 1.82) is 0 Å². The van der Waals surface area contributed by atoms with Crippen LogP contribution in [0, 0.1) is 0 Å². The number of aliphatic hydroxyl groups is 1. The number of benzene rings is 1. The molecule has 0 fully saturated rings. The zero-order chi connectivity index (χ0) is 12.8. The van der Waals surface area contributed by atoms with Gasteiger partial charge in [0.1, 0.15) is 11.9 Å². The SMILES string of the molecule is CCCOc1ccc(C(O)c2cnccn2)cc1. The van der Waals surface area contributed by atoms with E-state index in [1.165, 1.54) is 0 Å². The lowest BCUT2D eigenvalue weighted by atomic mass is 10.1. The molecular weight excluding hydrogens is 228 g/mol. The van der Waals surface area contributed by atoms with E-state index in [9.17, 15) is 5.11 Å². The summed E-state index contributed by atoms with van der Waals surface area (Å²) in [4.78, 5) is 8.03. The third-order valence-electron chi connectivity index (χ3n) is 2.53. The minimum Gasteiger partial charge on any atom is -0.494 e. The van der Waals surface area contributed by atoms with Crippen molar-refractivity contribution in [3.8, 4) is 5.75 Å². The maximum absolute atomic E-state index is 10.1. The molecule has 0 saturated carbocycles. The molecule has 0 spiro atoms. The van der Waals surface area contributed by atoms with Gasteiger partial charge in [0, 0.05) is 12.4 Å². The van der Waals surface area contributed by atoms with Crippen LogP contribution in [0.5, 0.6) is 5.75 Å². The zero-order valence-electron chi connectivity index (χ0n) is 10.3. The fraction of sp³-hybridized carbons (Fsp3) is 0.286. The van der Waals surface area contributed by atoms with Crippen molar-refractivity contribution in [3.05, 3.63) is 54.1 Å². The second kappa shape index (κ2) is 6.12. The van der Waals surface area contributed by atoms with E-state index in [4.69, 9.17) is 4.74 Å². The first kappa shape index (κ1) is 12.5. The minimum absolute atomic E-state index is 0.541. The van der Waals surface area contributed by atoms with Gasteiger partial charge in [0.25, 0.3) is 0 Å². The summed E-state index contributed by atoms with van der Waals surface area (Å²) in [6, 6.07) is 7.38. The van der Waals surface area contributed by atoms with Crippen LogP contribution < -0.4 is 4.74 Å². The molecule has 1 unspecified atom stereocenters. The molecule has 0 aliphatic heterocycles. The average Bonchev–Trinajstić information content (AvgIpc) is 2.46. The van der Waals surface area contributed by atoms with E-state index in [1.54, 1.807) is 18.6 Å². The number of aromatic nitrogens is 2. The fourth-order valence-electron chi connectivity index (χ4n) is 1.59. The van der Waals surface area contributed by atoms with E-state index < -0.39 is 6.10 Å². The van der Waals surface area contributed by atoms with Gasteiger partial charge < -0.3 is 9.84 Å². The summed E-state index contributed by atoms with van der Waals surface area (Å²) in [5.74, 6) is 0.812. The highest BCUT2D eigenvalue weighted by molar-refractivity contribution is 5.31. The Kier molecular flexibility index (Phi) is 4.25. The molecule has 0 radical (unpaired) electrons. The Morgan fingerprint density at radius 3 is 2.61 bits per heavy atom. The lowest BCUT2D eigenvalue weighted by molar-refractivity contribution is 0.214. The summed E-state index contributed by atoms with van der Waals surface area (Å²) in [5.41, 5.74) is 1.32. The summed E-state index contributed by atoms with van der Waals surface area (Å²) in [7, 11) is 0. The predicted molar refractivity (Wildman–Crippen MR) is 68.3 cm³/mol. The molecule has 2 rings (SSSR count). The van der Waals surface area contributed by atoms with Crippen LogP contribution in [0.2, 0.25) is 0 Å². The van der Waals surface area contributed by atoms with E-state index in [0.717, 1.165) is 17.7 Å². The van der Waals surface area contributed by atoms with Crippen LogP contribution >= 0.6 is 0 Å². The van der Waals surface area contributed by atoms with Gasteiger partial charge in [-0.2, -0.15) is 0 Å². The predicted octanol–water partition coefficient (Wildman–Crippen LogP) is 2.35. The molecule has 4 heteroatoms. The summed E-state index contributed by atoms with van der Waals surface area (Å²) >= 11 is 0. The molecule has 4 nitrogen and oxygen atoms in total. The lowest BCUT2D eigenvalue weighted by Gasteiger charge is -2.11. The molecule has 0 aliphatic carbocycles. The molecule has 1 N–H and O–H groups in total. The number of nitrogens with zero attached hydrogens (tertiary/aromatic N) is 2. The smallest absolute Gasteiger partial charge is 0.123 e. The van der Waals surface area contributed by atoms with Gasteiger partial charge in [-0.15, -0.1) is 0 Å². The van der Waals surface area contributed by atoms with Crippen molar-refractivity contribution in [2.45, 2.75) is 19.4 Å². The summed E-state index contributed by atoms with van der Waals surface area (Å²) in [6.07, 6.45) is 4.93. The van der Waals surface area contributed by atoms with Crippen molar-refractivity contribution in [3.63, 3.8) is 0 Å². The maximum atomic E-state index is 10.1. The van der Waals surface area contributed by atoms with Crippen LogP contribution in [-0.4, -0.2) is 21.7 Å². The second-order valence-electron chi connectivity index (χ2n) is 3.95. The van der Waals surface area contributed by atoms with Crippen molar-refractivity contribution in [1.82, 2.24) is 9.97 Å². The first-order valence-electron chi connectivity index (χ1n) is 5.98. The van der Waals surface area contributed by atoms with Crippen molar-refractivity contribution >= 4 is 0 Å². The largest absolute Gasteiger partial charge is 0.494 e.